The summed E-state index contributed by atoms with van der Waals surface area (Å²) in [5, 5.41) is 0. The zero-order chi connectivity index (χ0) is 19.0. The SMILES string of the molecule is OP(O)OCC(Oc1ccccc1)(Oc1ccccc1)Oc1ccccc1. The van der Waals surface area contributed by atoms with E-state index in [-0.39, 0.29) is 6.61 Å². The first-order valence-corrected chi connectivity index (χ1v) is 9.35. The summed E-state index contributed by atoms with van der Waals surface area (Å²) < 4.78 is 23.0. The van der Waals surface area contributed by atoms with Crippen molar-refractivity contribution in [2.45, 2.75) is 5.97 Å². The smallest absolute Gasteiger partial charge is 0.419 e. The Kier molecular flexibility index (Phi) is 6.63. The topological polar surface area (TPSA) is 77.4 Å². The molecule has 0 aliphatic rings. The summed E-state index contributed by atoms with van der Waals surface area (Å²) in [6, 6.07) is 26.8. The fraction of sp³-hybridized carbons (Fsp3) is 0.100. The molecule has 7 heteroatoms. The maximum absolute atomic E-state index is 9.25. The van der Waals surface area contributed by atoms with Crippen LogP contribution in [0.3, 0.4) is 0 Å². The van der Waals surface area contributed by atoms with Crippen LogP contribution in [0.1, 0.15) is 0 Å². The quantitative estimate of drug-likeness (QED) is 0.426. The van der Waals surface area contributed by atoms with Crippen molar-refractivity contribution in [2.75, 3.05) is 6.61 Å². The summed E-state index contributed by atoms with van der Waals surface area (Å²) >= 11 is 0. The molecule has 0 bridgehead atoms. The lowest BCUT2D eigenvalue weighted by atomic mass is 10.3. The minimum absolute atomic E-state index is 0.385. The van der Waals surface area contributed by atoms with Gasteiger partial charge in [0.1, 0.15) is 17.2 Å². The molecular weight excluding hydrogens is 367 g/mol. The molecule has 0 unspecified atom stereocenters. The highest BCUT2D eigenvalue weighted by Crippen LogP contribution is 2.32. The van der Waals surface area contributed by atoms with E-state index in [1.54, 1.807) is 72.8 Å². The van der Waals surface area contributed by atoms with E-state index >= 15 is 0 Å². The van der Waals surface area contributed by atoms with Gasteiger partial charge in [0.05, 0.1) is 0 Å². The van der Waals surface area contributed by atoms with Crippen molar-refractivity contribution in [1.29, 1.82) is 0 Å². The first kappa shape index (κ1) is 19.1. The lowest BCUT2D eigenvalue weighted by Gasteiger charge is -2.33. The molecule has 0 saturated carbocycles. The number of hydrogen-bond donors (Lipinski definition) is 2. The Morgan fingerprint density at radius 3 is 1.22 bits per heavy atom. The maximum Gasteiger partial charge on any atom is 0.442 e. The summed E-state index contributed by atoms with van der Waals surface area (Å²) in [6.07, 6.45) is 0. The van der Waals surface area contributed by atoms with Gasteiger partial charge in [-0.3, -0.25) is 4.52 Å². The lowest BCUT2D eigenvalue weighted by Crippen LogP contribution is -2.52. The number of hydrogen-bond acceptors (Lipinski definition) is 6. The van der Waals surface area contributed by atoms with Gasteiger partial charge in [-0.15, -0.1) is 0 Å². The second kappa shape index (κ2) is 9.35. The molecule has 27 heavy (non-hydrogen) atoms. The predicted molar refractivity (Wildman–Crippen MR) is 101 cm³/mol. The highest BCUT2D eigenvalue weighted by molar-refractivity contribution is 7.39. The van der Waals surface area contributed by atoms with Gasteiger partial charge >= 0.3 is 14.6 Å². The van der Waals surface area contributed by atoms with Crippen LogP contribution in [0.5, 0.6) is 17.2 Å². The summed E-state index contributed by atoms with van der Waals surface area (Å²) in [7, 11) is -2.63. The van der Waals surface area contributed by atoms with E-state index < -0.39 is 14.6 Å². The summed E-state index contributed by atoms with van der Waals surface area (Å²) in [6.45, 7) is -0.385. The highest BCUT2D eigenvalue weighted by Gasteiger charge is 2.40. The van der Waals surface area contributed by atoms with Gasteiger partial charge in [0.2, 0.25) is 0 Å². The molecule has 2 N–H and O–H groups in total. The largest absolute Gasteiger partial charge is 0.442 e. The molecule has 0 radical (unpaired) electrons. The predicted octanol–water partition coefficient (Wildman–Crippen LogP) is 4.11. The second-order valence-corrected chi connectivity index (χ2v) is 6.22. The normalized spacial score (nSPS) is 11.2. The van der Waals surface area contributed by atoms with Crippen LogP contribution in [0, 0.1) is 0 Å². The molecular formula is C20H19O6P. The summed E-state index contributed by atoms with van der Waals surface area (Å²) in [5.74, 6) is -0.384. The third-order valence-electron chi connectivity index (χ3n) is 3.41. The van der Waals surface area contributed by atoms with Crippen LogP contribution in [-0.2, 0) is 4.52 Å². The molecule has 0 aliphatic carbocycles. The zero-order valence-corrected chi connectivity index (χ0v) is 15.2. The zero-order valence-electron chi connectivity index (χ0n) is 14.3. The minimum atomic E-state index is -2.63. The van der Waals surface area contributed by atoms with E-state index in [9.17, 15) is 9.79 Å². The molecule has 0 spiro atoms. The Morgan fingerprint density at radius 2 is 0.926 bits per heavy atom. The maximum atomic E-state index is 9.25. The van der Waals surface area contributed by atoms with Gasteiger partial charge in [-0.25, -0.2) is 0 Å². The Morgan fingerprint density at radius 1 is 0.593 bits per heavy atom. The standard InChI is InChI=1S/C20H19O6P/c21-27(22)23-16-20(24-17-10-4-1-5-11-17,25-18-12-6-2-7-13-18)26-19-14-8-3-9-15-19/h1-15,21-22H,16H2. The third-order valence-corrected chi connectivity index (χ3v) is 3.77. The Hall–Kier alpha value is -2.63. The van der Waals surface area contributed by atoms with Crippen molar-refractivity contribution in [3.05, 3.63) is 91.0 Å². The molecule has 0 atom stereocenters. The Labute approximate surface area is 158 Å². The molecule has 0 saturated heterocycles. The average molecular weight is 386 g/mol. The van der Waals surface area contributed by atoms with Crippen molar-refractivity contribution < 1.29 is 28.5 Å². The van der Waals surface area contributed by atoms with E-state index in [4.69, 9.17) is 18.7 Å². The van der Waals surface area contributed by atoms with E-state index in [1.165, 1.54) is 0 Å². The average Bonchev–Trinajstić information content (AvgIpc) is 2.69. The van der Waals surface area contributed by atoms with Crippen LogP contribution < -0.4 is 14.2 Å². The Bertz CT molecular complexity index is 697. The summed E-state index contributed by atoms with van der Waals surface area (Å²) in [4.78, 5) is 18.5. The van der Waals surface area contributed by atoms with Crippen LogP contribution in [0.4, 0.5) is 0 Å². The molecule has 0 aliphatic heterocycles. The second-order valence-electron chi connectivity index (χ2n) is 5.45. The molecule has 6 nitrogen and oxygen atoms in total. The van der Waals surface area contributed by atoms with Gasteiger partial charge in [0.15, 0.2) is 6.61 Å². The molecule has 3 aromatic rings. The number of rotatable bonds is 9. The molecule has 3 rings (SSSR count). The number of benzene rings is 3. The van der Waals surface area contributed by atoms with Gasteiger partial charge in [0.25, 0.3) is 0 Å². The van der Waals surface area contributed by atoms with Crippen molar-refractivity contribution in [3.8, 4) is 17.2 Å². The minimum Gasteiger partial charge on any atom is -0.419 e. The van der Waals surface area contributed by atoms with Crippen molar-refractivity contribution >= 4 is 8.60 Å². The fourth-order valence-corrected chi connectivity index (χ4v) is 2.57. The van der Waals surface area contributed by atoms with E-state index in [0.717, 1.165) is 0 Å². The van der Waals surface area contributed by atoms with Gasteiger partial charge in [-0.2, -0.15) is 0 Å². The fourth-order valence-electron chi connectivity index (χ4n) is 2.29. The molecule has 3 aromatic carbocycles. The van der Waals surface area contributed by atoms with Crippen LogP contribution in [0.25, 0.3) is 0 Å². The van der Waals surface area contributed by atoms with Gasteiger partial charge in [-0.05, 0) is 36.4 Å². The molecule has 0 amide bonds. The molecule has 0 fully saturated rings. The summed E-state index contributed by atoms with van der Waals surface area (Å²) in [5.41, 5.74) is 0. The van der Waals surface area contributed by atoms with E-state index in [1.807, 2.05) is 18.2 Å². The molecule has 140 valence electrons. The van der Waals surface area contributed by atoms with Gasteiger partial charge < -0.3 is 24.0 Å². The number of para-hydroxylation sites is 3. The van der Waals surface area contributed by atoms with E-state index in [0.29, 0.717) is 17.2 Å². The van der Waals surface area contributed by atoms with Crippen molar-refractivity contribution in [2.24, 2.45) is 0 Å². The van der Waals surface area contributed by atoms with Gasteiger partial charge in [-0.1, -0.05) is 54.6 Å². The molecule has 0 heterocycles. The monoisotopic (exact) mass is 386 g/mol. The van der Waals surface area contributed by atoms with E-state index in [2.05, 4.69) is 0 Å². The van der Waals surface area contributed by atoms with Crippen LogP contribution in [0.15, 0.2) is 91.0 Å². The van der Waals surface area contributed by atoms with Crippen LogP contribution in [0.2, 0.25) is 0 Å². The Balaban J connectivity index is 1.95. The van der Waals surface area contributed by atoms with Crippen molar-refractivity contribution in [1.82, 2.24) is 0 Å². The van der Waals surface area contributed by atoms with Crippen molar-refractivity contribution in [3.63, 3.8) is 0 Å². The lowest BCUT2D eigenvalue weighted by molar-refractivity contribution is -0.267. The first-order chi connectivity index (χ1) is 13.2. The number of ether oxygens (including phenoxy) is 3. The van der Waals surface area contributed by atoms with Crippen LogP contribution in [-0.4, -0.2) is 22.4 Å². The highest BCUT2D eigenvalue weighted by atomic mass is 31.2. The van der Waals surface area contributed by atoms with Gasteiger partial charge in [0, 0.05) is 0 Å². The third kappa shape index (κ3) is 5.94. The first-order valence-electron chi connectivity index (χ1n) is 8.18. The van der Waals surface area contributed by atoms with Crippen LogP contribution >= 0.6 is 8.60 Å². The molecule has 0 aromatic heterocycles.